The van der Waals surface area contributed by atoms with Crippen LogP contribution in [0.4, 0.5) is 8.78 Å². The van der Waals surface area contributed by atoms with Crippen LogP contribution in [-0.2, 0) is 0 Å². The van der Waals surface area contributed by atoms with Gasteiger partial charge in [0, 0.05) is 5.56 Å². The van der Waals surface area contributed by atoms with Crippen molar-refractivity contribution < 1.29 is 8.78 Å². The Morgan fingerprint density at radius 3 is 2.25 bits per heavy atom. The summed E-state index contributed by atoms with van der Waals surface area (Å²) in [4.78, 5) is 0. The number of halogens is 2. The summed E-state index contributed by atoms with van der Waals surface area (Å²) >= 11 is 0. The van der Waals surface area contributed by atoms with Crippen LogP contribution in [0.25, 0.3) is 11.1 Å². The third-order valence-electron chi connectivity index (χ3n) is 3.24. The van der Waals surface area contributed by atoms with Gasteiger partial charge < -0.3 is 0 Å². The molecule has 2 heteroatoms. The Morgan fingerprint density at radius 1 is 1.25 bits per heavy atom. The van der Waals surface area contributed by atoms with Crippen molar-refractivity contribution in [2.24, 2.45) is 0 Å². The van der Waals surface area contributed by atoms with Crippen molar-refractivity contribution >= 4 is 11.1 Å². The topological polar surface area (TPSA) is 0 Å². The summed E-state index contributed by atoms with van der Waals surface area (Å²) in [6.45, 7) is 12.1. The molecule has 0 N–H and O–H groups in total. The first-order chi connectivity index (χ1) is 9.18. The molecule has 0 amide bonds. The molecule has 0 fully saturated rings. The van der Waals surface area contributed by atoms with Crippen molar-refractivity contribution in [3.63, 3.8) is 0 Å². The van der Waals surface area contributed by atoms with Gasteiger partial charge in [0.1, 0.15) is 11.5 Å². The van der Waals surface area contributed by atoms with Gasteiger partial charge >= 0.3 is 0 Å². The van der Waals surface area contributed by atoms with Crippen LogP contribution in [0, 0.1) is 5.82 Å². The maximum atomic E-state index is 14.3. The highest BCUT2D eigenvalue weighted by Gasteiger charge is 2.23. The van der Waals surface area contributed by atoms with Gasteiger partial charge in [-0.3, -0.25) is 0 Å². The Kier molecular flexibility index (Phi) is 5.04. The molecule has 0 atom stereocenters. The van der Waals surface area contributed by atoms with Gasteiger partial charge in [0.25, 0.3) is 0 Å². The van der Waals surface area contributed by atoms with Crippen LogP contribution in [0.1, 0.15) is 45.7 Å². The fraction of sp³-hybridized carbons (Fsp3) is 0.333. The first-order valence-corrected chi connectivity index (χ1v) is 6.67. The van der Waals surface area contributed by atoms with Crippen molar-refractivity contribution in [3.05, 3.63) is 59.4 Å². The zero-order valence-electron chi connectivity index (χ0n) is 12.8. The molecule has 0 heterocycles. The molecule has 0 unspecified atom stereocenters. The summed E-state index contributed by atoms with van der Waals surface area (Å²) in [5.41, 5.74) is 1.57. The average molecular weight is 276 g/mol. The third-order valence-corrected chi connectivity index (χ3v) is 3.24. The largest absolute Gasteiger partial charge is 0.239 e. The quantitative estimate of drug-likeness (QED) is 0.595. The van der Waals surface area contributed by atoms with Gasteiger partial charge in [0.2, 0.25) is 0 Å². The van der Waals surface area contributed by atoms with Crippen LogP contribution in [0.2, 0.25) is 0 Å². The number of allylic oxidation sites excluding steroid dienone is 5. The molecule has 20 heavy (non-hydrogen) atoms. The Balaban J connectivity index is 3.45. The average Bonchev–Trinajstić information content (AvgIpc) is 2.33. The smallest absolute Gasteiger partial charge is 0.131 e. The van der Waals surface area contributed by atoms with E-state index in [0.29, 0.717) is 16.7 Å². The molecule has 0 saturated carbocycles. The molecular weight excluding hydrogens is 254 g/mol. The maximum absolute atomic E-state index is 14.3. The molecule has 1 aromatic rings. The Hall–Kier alpha value is -1.70. The molecule has 0 radical (unpaired) electrons. The number of hydrogen-bond acceptors (Lipinski definition) is 0. The Labute approximate surface area is 120 Å². The van der Waals surface area contributed by atoms with Crippen molar-refractivity contribution in [1.29, 1.82) is 0 Å². The van der Waals surface area contributed by atoms with Gasteiger partial charge in [-0.1, -0.05) is 36.4 Å². The van der Waals surface area contributed by atoms with Gasteiger partial charge in [-0.25, -0.2) is 8.78 Å². The fourth-order valence-corrected chi connectivity index (χ4v) is 2.17. The van der Waals surface area contributed by atoms with E-state index in [1.807, 2.05) is 19.9 Å². The van der Waals surface area contributed by atoms with Gasteiger partial charge in [-0.05, 0) is 57.4 Å². The highest BCUT2D eigenvalue weighted by atomic mass is 19.1. The van der Waals surface area contributed by atoms with Gasteiger partial charge in [-0.2, -0.15) is 0 Å². The van der Waals surface area contributed by atoms with Gasteiger partial charge in [0.15, 0.2) is 0 Å². The number of benzene rings is 1. The van der Waals surface area contributed by atoms with Gasteiger partial charge in [0.05, 0.1) is 0 Å². The summed E-state index contributed by atoms with van der Waals surface area (Å²) in [6, 6.07) is 4.94. The molecule has 0 aliphatic rings. The van der Waals surface area contributed by atoms with E-state index in [2.05, 4.69) is 6.58 Å². The maximum Gasteiger partial charge on any atom is 0.131 e. The lowest BCUT2D eigenvalue weighted by Crippen LogP contribution is -2.16. The second-order valence-corrected chi connectivity index (χ2v) is 5.49. The molecule has 108 valence electrons. The van der Waals surface area contributed by atoms with E-state index in [1.54, 1.807) is 25.1 Å². The summed E-state index contributed by atoms with van der Waals surface area (Å²) in [5.74, 6) is -0.353. The second kappa shape index (κ2) is 6.17. The lowest BCUT2D eigenvalue weighted by molar-refractivity contribution is 0.275. The zero-order valence-corrected chi connectivity index (χ0v) is 12.8. The SMILES string of the molecule is C=C(C)c1ccc(/C(C)=C(/C=C\C)C(C)(C)F)c(F)c1. The van der Waals surface area contributed by atoms with Gasteiger partial charge in [-0.15, -0.1) is 0 Å². The van der Waals surface area contributed by atoms with Crippen LogP contribution in [-0.4, -0.2) is 5.67 Å². The summed E-state index contributed by atoms with van der Waals surface area (Å²) in [6.07, 6.45) is 3.46. The van der Waals surface area contributed by atoms with Crippen molar-refractivity contribution in [2.75, 3.05) is 0 Å². The molecule has 0 aliphatic heterocycles. The highest BCUT2D eigenvalue weighted by Crippen LogP contribution is 2.32. The molecule has 0 saturated heterocycles. The van der Waals surface area contributed by atoms with Crippen LogP contribution in [0.5, 0.6) is 0 Å². The molecule has 0 aliphatic carbocycles. The molecule has 1 aromatic carbocycles. The number of rotatable bonds is 4. The van der Waals surface area contributed by atoms with E-state index in [-0.39, 0.29) is 5.82 Å². The molecule has 0 nitrogen and oxygen atoms in total. The molecule has 0 aromatic heterocycles. The van der Waals surface area contributed by atoms with Crippen LogP contribution in [0.15, 0.2) is 42.5 Å². The molecule has 1 rings (SSSR count). The first-order valence-electron chi connectivity index (χ1n) is 6.67. The Bertz CT molecular complexity index is 570. The fourth-order valence-electron chi connectivity index (χ4n) is 2.17. The minimum Gasteiger partial charge on any atom is -0.239 e. The molecule has 0 spiro atoms. The lowest BCUT2D eigenvalue weighted by atomic mass is 9.90. The number of hydrogen-bond donors (Lipinski definition) is 0. The summed E-state index contributed by atoms with van der Waals surface area (Å²) in [5, 5.41) is 0. The van der Waals surface area contributed by atoms with Crippen LogP contribution < -0.4 is 0 Å². The van der Waals surface area contributed by atoms with E-state index < -0.39 is 5.67 Å². The van der Waals surface area contributed by atoms with Crippen molar-refractivity contribution in [1.82, 2.24) is 0 Å². The van der Waals surface area contributed by atoms with Crippen molar-refractivity contribution in [2.45, 2.75) is 40.3 Å². The van der Waals surface area contributed by atoms with E-state index in [4.69, 9.17) is 0 Å². The monoisotopic (exact) mass is 276 g/mol. The zero-order chi connectivity index (χ0) is 15.5. The van der Waals surface area contributed by atoms with Crippen molar-refractivity contribution in [3.8, 4) is 0 Å². The van der Waals surface area contributed by atoms with Crippen LogP contribution >= 0.6 is 0 Å². The summed E-state index contributed by atoms with van der Waals surface area (Å²) in [7, 11) is 0. The minimum atomic E-state index is -1.52. The normalized spacial score (nSPS) is 13.6. The predicted molar refractivity (Wildman–Crippen MR) is 83.7 cm³/mol. The first kappa shape index (κ1) is 16.4. The highest BCUT2D eigenvalue weighted by molar-refractivity contribution is 5.73. The Morgan fingerprint density at radius 2 is 1.85 bits per heavy atom. The van der Waals surface area contributed by atoms with E-state index in [1.165, 1.54) is 19.9 Å². The van der Waals surface area contributed by atoms with E-state index in [9.17, 15) is 8.78 Å². The standard InChI is InChI=1S/C18H22F2/c1-7-8-16(18(5,6)20)13(4)15-10-9-14(12(2)3)11-17(15)19/h7-11H,2H2,1,3-6H3/b8-7-,16-13-. The summed E-state index contributed by atoms with van der Waals surface area (Å²) < 4.78 is 28.5. The van der Waals surface area contributed by atoms with E-state index in [0.717, 1.165) is 11.1 Å². The molecular formula is C18H22F2. The van der Waals surface area contributed by atoms with Crippen LogP contribution in [0.3, 0.4) is 0 Å². The second-order valence-electron chi connectivity index (χ2n) is 5.49. The predicted octanol–water partition coefficient (Wildman–Crippen LogP) is 5.96. The molecule has 0 bridgehead atoms. The number of alkyl halides is 1. The minimum absolute atomic E-state index is 0.353. The van der Waals surface area contributed by atoms with E-state index >= 15 is 0 Å². The third kappa shape index (κ3) is 3.66. The lowest BCUT2D eigenvalue weighted by Gasteiger charge is -2.20.